The highest BCUT2D eigenvalue weighted by Crippen LogP contribution is 2.30. The zero-order valence-electron chi connectivity index (χ0n) is 16.6. The average Bonchev–Trinajstić information content (AvgIpc) is 2.98. The van der Waals surface area contributed by atoms with Crippen LogP contribution in [-0.4, -0.2) is 53.4 Å². The summed E-state index contributed by atoms with van der Waals surface area (Å²) in [6.45, 7) is 0.850. The fourth-order valence-electron chi connectivity index (χ4n) is 4.01. The summed E-state index contributed by atoms with van der Waals surface area (Å²) in [6.07, 6.45) is 1.13. The Bertz CT molecular complexity index is 977. The number of nitrogens with zero attached hydrogens (tertiary/aromatic N) is 2. The molecule has 0 bridgehead atoms. The summed E-state index contributed by atoms with van der Waals surface area (Å²) in [6, 6.07) is 13.4. The van der Waals surface area contributed by atoms with Gasteiger partial charge in [-0.15, -0.1) is 0 Å². The summed E-state index contributed by atoms with van der Waals surface area (Å²) < 4.78 is 5.13. The van der Waals surface area contributed by atoms with Crippen molar-refractivity contribution in [1.29, 1.82) is 0 Å². The number of amides is 4. The van der Waals surface area contributed by atoms with Crippen LogP contribution in [0.15, 0.2) is 48.5 Å². The first-order chi connectivity index (χ1) is 14.4. The molecule has 156 valence electrons. The molecule has 7 nitrogen and oxygen atoms in total. The largest absolute Gasteiger partial charge is 0.497 e. The van der Waals surface area contributed by atoms with Crippen LogP contribution < -0.4 is 10.1 Å². The van der Waals surface area contributed by atoms with Crippen LogP contribution in [0, 0.1) is 0 Å². The molecule has 2 aliphatic heterocycles. The molecule has 1 spiro atoms. The Morgan fingerprint density at radius 2 is 1.83 bits per heavy atom. The van der Waals surface area contributed by atoms with E-state index in [0.717, 1.165) is 5.56 Å². The molecule has 2 fully saturated rings. The van der Waals surface area contributed by atoms with Gasteiger partial charge in [-0.1, -0.05) is 23.7 Å². The third-order valence-electron chi connectivity index (χ3n) is 5.62. The first-order valence-corrected chi connectivity index (χ1v) is 10.1. The number of hydrogen-bond donors (Lipinski definition) is 1. The molecule has 0 aromatic heterocycles. The monoisotopic (exact) mass is 427 g/mol. The standard InChI is InChI=1S/C22H22ClN3O4/c1-30-18-9-5-16(6-10-18)19(27)25-12-2-11-22(14-25)20(28)26(21(29)24-22)13-15-3-7-17(23)8-4-15/h3-10H,2,11-14H2,1H3,(H,24,29)/t22-/m1/s1. The van der Waals surface area contributed by atoms with E-state index in [1.165, 1.54) is 4.90 Å². The number of imide groups is 1. The van der Waals surface area contributed by atoms with Crippen LogP contribution in [0.5, 0.6) is 5.75 Å². The molecule has 0 unspecified atom stereocenters. The summed E-state index contributed by atoms with van der Waals surface area (Å²) in [5.74, 6) is 0.197. The van der Waals surface area contributed by atoms with E-state index in [2.05, 4.69) is 5.32 Å². The first-order valence-electron chi connectivity index (χ1n) is 9.74. The topological polar surface area (TPSA) is 79.0 Å². The number of rotatable bonds is 4. The quantitative estimate of drug-likeness (QED) is 0.760. The van der Waals surface area contributed by atoms with Crippen molar-refractivity contribution in [2.45, 2.75) is 24.9 Å². The maximum absolute atomic E-state index is 13.2. The number of halogens is 1. The lowest BCUT2D eigenvalue weighted by molar-refractivity contribution is -0.133. The number of ether oxygens (including phenoxy) is 1. The molecule has 0 aliphatic carbocycles. The Labute approximate surface area is 179 Å². The van der Waals surface area contributed by atoms with Gasteiger partial charge in [-0.25, -0.2) is 4.79 Å². The van der Waals surface area contributed by atoms with Gasteiger partial charge in [0.1, 0.15) is 11.3 Å². The molecule has 2 aromatic carbocycles. The fourth-order valence-corrected chi connectivity index (χ4v) is 4.14. The number of benzene rings is 2. The van der Waals surface area contributed by atoms with E-state index < -0.39 is 11.6 Å². The van der Waals surface area contributed by atoms with Crippen molar-refractivity contribution in [2.24, 2.45) is 0 Å². The van der Waals surface area contributed by atoms with Crippen LogP contribution in [0.4, 0.5) is 4.79 Å². The van der Waals surface area contributed by atoms with Crippen molar-refractivity contribution in [3.05, 3.63) is 64.7 Å². The Morgan fingerprint density at radius 1 is 1.13 bits per heavy atom. The van der Waals surface area contributed by atoms with Crippen molar-refractivity contribution in [2.75, 3.05) is 20.2 Å². The number of urea groups is 1. The zero-order chi connectivity index (χ0) is 21.3. The van der Waals surface area contributed by atoms with E-state index in [-0.39, 0.29) is 24.9 Å². The zero-order valence-corrected chi connectivity index (χ0v) is 17.3. The van der Waals surface area contributed by atoms with Crippen molar-refractivity contribution in [1.82, 2.24) is 15.1 Å². The second-order valence-corrected chi connectivity index (χ2v) is 8.03. The Hall–Kier alpha value is -3.06. The molecule has 2 aromatic rings. The lowest BCUT2D eigenvalue weighted by atomic mass is 9.88. The molecule has 4 amide bonds. The molecule has 2 aliphatic rings. The van der Waals surface area contributed by atoms with Crippen LogP contribution in [-0.2, 0) is 11.3 Å². The van der Waals surface area contributed by atoms with E-state index in [0.29, 0.717) is 35.7 Å². The molecule has 4 rings (SSSR count). The second kappa shape index (κ2) is 7.99. The van der Waals surface area contributed by atoms with E-state index in [4.69, 9.17) is 16.3 Å². The summed E-state index contributed by atoms with van der Waals surface area (Å²) >= 11 is 5.91. The summed E-state index contributed by atoms with van der Waals surface area (Å²) in [7, 11) is 1.56. The molecule has 2 saturated heterocycles. The van der Waals surface area contributed by atoms with Crippen LogP contribution in [0.25, 0.3) is 0 Å². The molecule has 0 radical (unpaired) electrons. The number of likely N-dealkylation sites (tertiary alicyclic amines) is 1. The number of piperidine rings is 1. The molecule has 1 N–H and O–H groups in total. The van der Waals surface area contributed by atoms with Crippen molar-refractivity contribution in [3.63, 3.8) is 0 Å². The molecular weight excluding hydrogens is 406 g/mol. The third kappa shape index (κ3) is 3.73. The number of carbonyl (C=O) groups is 3. The van der Waals surface area contributed by atoms with Crippen molar-refractivity contribution < 1.29 is 19.1 Å². The number of nitrogens with one attached hydrogen (secondary N) is 1. The van der Waals surface area contributed by atoms with Gasteiger partial charge in [-0.3, -0.25) is 14.5 Å². The minimum absolute atomic E-state index is 0.152. The number of methoxy groups -OCH3 is 1. The van der Waals surface area contributed by atoms with Crippen molar-refractivity contribution >= 4 is 29.4 Å². The number of hydrogen-bond acceptors (Lipinski definition) is 4. The lowest BCUT2D eigenvalue weighted by Crippen LogP contribution is -2.59. The highest BCUT2D eigenvalue weighted by atomic mass is 35.5. The van der Waals surface area contributed by atoms with Crippen molar-refractivity contribution in [3.8, 4) is 5.75 Å². The fraction of sp³-hybridized carbons (Fsp3) is 0.318. The summed E-state index contributed by atoms with van der Waals surface area (Å²) in [4.78, 5) is 41.6. The SMILES string of the molecule is COc1ccc(C(=O)N2CCC[C@]3(C2)NC(=O)N(Cc2ccc(Cl)cc2)C3=O)cc1. The van der Waals surface area contributed by atoms with E-state index in [1.807, 2.05) is 0 Å². The van der Waals surface area contributed by atoms with Gasteiger partial charge < -0.3 is 15.0 Å². The maximum atomic E-state index is 13.2. The normalized spacial score (nSPS) is 21.1. The van der Waals surface area contributed by atoms with Crippen LogP contribution >= 0.6 is 11.6 Å². The van der Waals surface area contributed by atoms with Crippen LogP contribution in [0.3, 0.4) is 0 Å². The lowest BCUT2D eigenvalue weighted by Gasteiger charge is -2.38. The van der Waals surface area contributed by atoms with Crippen LogP contribution in [0.2, 0.25) is 5.02 Å². The van der Waals surface area contributed by atoms with E-state index in [1.54, 1.807) is 60.5 Å². The summed E-state index contributed by atoms with van der Waals surface area (Å²) in [5.41, 5.74) is 0.244. The molecule has 1 atom stereocenters. The third-order valence-corrected chi connectivity index (χ3v) is 5.87. The average molecular weight is 428 g/mol. The molecule has 2 heterocycles. The van der Waals surface area contributed by atoms with Gasteiger partial charge >= 0.3 is 6.03 Å². The van der Waals surface area contributed by atoms with Gasteiger partial charge in [-0.05, 0) is 54.8 Å². The van der Waals surface area contributed by atoms with Gasteiger partial charge in [0.05, 0.1) is 20.2 Å². The molecule has 30 heavy (non-hydrogen) atoms. The van der Waals surface area contributed by atoms with E-state index >= 15 is 0 Å². The Kier molecular flexibility index (Phi) is 5.39. The molecular formula is C22H22ClN3O4. The minimum atomic E-state index is -1.08. The Balaban J connectivity index is 1.50. The predicted octanol–water partition coefficient (Wildman–Crippen LogP) is 3.08. The predicted molar refractivity (Wildman–Crippen MR) is 111 cm³/mol. The smallest absolute Gasteiger partial charge is 0.325 e. The van der Waals surface area contributed by atoms with Gasteiger partial charge in [0.15, 0.2) is 0 Å². The van der Waals surface area contributed by atoms with Gasteiger partial charge in [0.25, 0.3) is 11.8 Å². The minimum Gasteiger partial charge on any atom is -0.497 e. The molecule has 8 heteroatoms. The van der Waals surface area contributed by atoms with Gasteiger partial charge in [0.2, 0.25) is 0 Å². The highest BCUT2D eigenvalue weighted by molar-refractivity contribution is 6.30. The van der Waals surface area contributed by atoms with Gasteiger partial charge in [0, 0.05) is 17.1 Å². The Morgan fingerprint density at radius 3 is 2.50 bits per heavy atom. The molecule has 0 saturated carbocycles. The number of carbonyl (C=O) groups excluding carboxylic acids is 3. The van der Waals surface area contributed by atoms with Crippen LogP contribution in [0.1, 0.15) is 28.8 Å². The highest BCUT2D eigenvalue weighted by Gasteiger charge is 2.53. The van der Waals surface area contributed by atoms with Gasteiger partial charge in [-0.2, -0.15) is 0 Å². The first kappa shape index (κ1) is 20.2. The second-order valence-electron chi connectivity index (χ2n) is 7.59. The van der Waals surface area contributed by atoms with E-state index in [9.17, 15) is 14.4 Å². The maximum Gasteiger partial charge on any atom is 0.325 e. The summed E-state index contributed by atoms with van der Waals surface area (Å²) in [5, 5.41) is 3.44.